The van der Waals surface area contributed by atoms with E-state index in [1.165, 1.54) is 0 Å². The number of rotatable bonds is 10. The van der Waals surface area contributed by atoms with E-state index in [-0.39, 0.29) is 36.3 Å². The zero-order chi connectivity index (χ0) is 24.7. The smallest absolute Gasteiger partial charge is 0.277 e. The molecule has 11 heteroatoms. The first kappa shape index (κ1) is 26.5. The minimum absolute atomic E-state index is 0.0137. The summed E-state index contributed by atoms with van der Waals surface area (Å²) in [6.45, 7) is 0.873. The molecule has 3 rings (SSSR count). The predicted octanol–water partition coefficient (Wildman–Crippen LogP) is 4.69. The van der Waals surface area contributed by atoms with E-state index < -0.39 is 11.7 Å². The molecule has 1 amide bonds. The number of hydrogen-bond acceptors (Lipinski definition) is 7. The lowest BCUT2D eigenvalue weighted by Gasteiger charge is -2.30. The van der Waals surface area contributed by atoms with E-state index in [2.05, 4.69) is 32.0 Å². The molecule has 1 atom stereocenters. The van der Waals surface area contributed by atoms with Crippen LogP contribution in [0.4, 0.5) is 27.1 Å². The predicted molar refractivity (Wildman–Crippen MR) is 136 cm³/mol. The molecule has 1 heterocycles. The Kier molecular flexibility index (Phi) is 9.78. The molecule has 0 bridgehead atoms. The first-order valence-corrected chi connectivity index (χ1v) is 12.1. The van der Waals surface area contributed by atoms with Crippen LogP contribution in [-0.4, -0.2) is 57.6 Å². The molecule has 186 valence electrons. The summed E-state index contributed by atoms with van der Waals surface area (Å²) in [5, 5.41) is 15.2. The summed E-state index contributed by atoms with van der Waals surface area (Å²) in [5.41, 5.74) is 3.34. The third-order valence-electron chi connectivity index (χ3n) is 5.45. The van der Waals surface area contributed by atoms with Crippen LogP contribution in [0.5, 0.6) is 0 Å². The van der Waals surface area contributed by atoms with E-state index in [4.69, 9.17) is 26.3 Å². The summed E-state index contributed by atoms with van der Waals surface area (Å²) in [4.78, 5) is 19.8. The molecular weight excluding hydrogens is 531 g/mol. The highest BCUT2D eigenvalue weighted by Crippen LogP contribution is 2.39. The van der Waals surface area contributed by atoms with Crippen molar-refractivity contribution in [2.75, 3.05) is 56.0 Å². The van der Waals surface area contributed by atoms with Crippen molar-refractivity contribution in [1.29, 1.82) is 0 Å². The van der Waals surface area contributed by atoms with E-state index in [1.54, 1.807) is 31.3 Å². The van der Waals surface area contributed by atoms with E-state index in [0.29, 0.717) is 29.5 Å². The van der Waals surface area contributed by atoms with Gasteiger partial charge in [0.1, 0.15) is 0 Å². The molecule has 0 saturated carbocycles. The number of carbonyl (C=O) groups is 1. The molecule has 1 aliphatic heterocycles. The van der Waals surface area contributed by atoms with Crippen molar-refractivity contribution in [1.82, 2.24) is 5.48 Å². The Balaban J connectivity index is 2.02. The highest BCUT2D eigenvalue weighted by molar-refractivity contribution is 9.10. The van der Waals surface area contributed by atoms with Gasteiger partial charge in [0, 0.05) is 31.7 Å². The summed E-state index contributed by atoms with van der Waals surface area (Å²) in [7, 11) is 3.45. The van der Waals surface area contributed by atoms with E-state index in [0.717, 1.165) is 23.7 Å². The molecular formula is C23H29BrClFN4O4. The monoisotopic (exact) mass is 558 g/mol. The van der Waals surface area contributed by atoms with Crippen LogP contribution in [0, 0.1) is 5.82 Å². The molecule has 0 aliphatic carbocycles. The maximum atomic E-state index is 15.9. The number of anilines is 4. The molecule has 1 unspecified atom stereocenters. The topological polar surface area (TPSA) is 95.1 Å². The van der Waals surface area contributed by atoms with Gasteiger partial charge in [0.15, 0.2) is 5.82 Å². The number of nitrogens with one attached hydrogen (secondary N) is 3. The second-order valence-electron chi connectivity index (χ2n) is 7.88. The van der Waals surface area contributed by atoms with Gasteiger partial charge in [-0.15, -0.1) is 0 Å². The number of hydrogen-bond donors (Lipinski definition) is 4. The number of amides is 1. The average Bonchev–Trinajstić information content (AvgIpc) is 2.82. The molecule has 1 aliphatic rings. The van der Waals surface area contributed by atoms with Gasteiger partial charge in [-0.2, -0.15) is 0 Å². The fourth-order valence-electron chi connectivity index (χ4n) is 3.77. The van der Waals surface area contributed by atoms with E-state index >= 15 is 4.39 Å². The number of ether oxygens (including phenoxy) is 1. The minimum atomic E-state index is -0.672. The Morgan fingerprint density at radius 2 is 2.15 bits per heavy atom. The molecule has 4 N–H and O–H groups in total. The third-order valence-corrected chi connectivity index (χ3v) is 6.26. The zero-order valence-electron chi connectivity index (χ0n) is 19.1. The fraction of sp³-hybridized carbons (Fsp3) is 0.435. The Hall–Kier alpha value is -2.11. The van der Waals surface area contributed by atoms with Gasteiger partial charge in [-0.05, 0) is 43.5 Å². The number of likely N-dealkylation sites (N-methyl/N-ethyl adjacent to an activating group) is 1. The quantitative estimate of drug-likeness (QED) is 0.248. The second kappa shape index (κ2) is 12.6. The standard InChI is InChI=1S/C23H29BrClFN4O4/c1-27-22-19(30(2)13-15-5-3-4-9-33-15)12-16(23(32)29-34-10-8-31)21(20(22)26)28-18-7-6-14(24)11-17(18)25/h6-7,11-12,15,27-28,31H,3-5,8-10,13H2,1-2H3,(H,29,32). The van der Waals surface area contributed by atoms with Crippen LogP contribution in [0.15, 0.2) is 28.7 Å². The van der Waals surface area contributed by atoms with Crippen molar-refractivity contribution in [2.24, 2.45) is 0 Å². The maximum Gasteiger partial charge on any atom is 0.277 e. The van der Waals surface area contributed by atoms with Crippen molar-refractivity contribution in [3.05, 3.63) is 45.1 Å². The van der Waals surface area contributed by atoms with Crippen molar-refractivity contribution in [3.63, 3.8) is 0 Å². The van der Waals surface area contributed by atoms with Crippen molar-refractivity contribution in [3.8, 4) is 0 Å². The molecule has 8 nitrogen and oxygen atoms in total. The first-order chi connectivity index (χ1) is 16.3. The molecule has 0 spiro atoms. The van der Waals surface area contributed by atoms with Crippen LogP contribution in [0.25, 0.3) is 0 Å². The summed E-state index contributed by atoms with van der Waals surface area (Å²) in [6.07, 6.45) is 3.06. The number of halogens is 3. The number of carbonyl (C=O) groups excluding carboxylic acids is 1. The molecule has 2 aromatic carbocycles. The lowest BCUT2D eigenvalue weighted by molar-refractivity contribution is 0.0169. The number of aliphatic hydroxyl groups is 1. The normalized spacial score (nSPS) is 15.6. The Morgan fingerprint density at radius 3 is 2.79 bits per heavy atom. The van der Waals surface area contributed by atoms with Crippen molar-refractivity contribution in [2.45, 2.75) is 25.4 Å². The molecule has 2 aromatic rings. The van der Waals surface area contributed by atoms with Crippen molar-refractivity contribution >= 4 is 56.2 Å². The number of hydroxylamine groups is 1. The molecule has 0 radical (unpaired) electrons. The summed E-state index contributed by atoms with van der Waals surface area (Å²) < 4.78 is 22.5. The minimum Gasteiger partial charge on any atom is -0.394 e. The zero-order valence-corrected chi connectivity index (χ0v) is 21.4. The molecule has 0 aromatic heterocycles. The summed E-state index contributed by atoms with van der Waals surface area (Å²) >= 11 is 9.67. The van der Waals surface area contributed by atoms with Crippen LogP contribution in [0.1, 0.15) is 29.6 Å². The third kappa shape index (κ3) is 6.51. The Bertz CT molecular complexity index is 1010. The van der Waals surface area contributed by atoms with Crippen LogP contribution < -0.4 is 21.0 Å². The van der Waals surface area contributed by atoms with Gasteiger partial charge in [0.05, 0.1) is 52.7 Å². The number of benzene rings is 2. The number of aliphatic hydroxyl groups excluding tert-OH is 1. The van der Waals surface area contributed by atoms with Gasteiger partial charge in [-0.1, -0.05) is 27.5 Å². The maximum absolute atomic E-state index is 15.9. The Morgan fingerprint density at radius 1 is 1.35 bits per heavy atom. The highest BCUT2D eigenvalue weighted by atomic mass is 79.9. The highest BCUT2D eigenvalue weighted by Gasteiger charge is 2.26. The van der Waals surface area contributed by atoms with Gasteiger partial charge in [0.2, 0.25) is 0 Å². The lowest BCUT2D eigenvalue weighted by Crippen LogP contribution is -2.34. The average molecular weight is 560 g/mol. The lowest BCUT2D eigenvalue weighted by atomic mass is 10.1. The van der Waals surface area contributed by atoms with E-state index in [9.17, 15) is 4.79 Å². The molecule has 1 fully saturated rings. The van der Waals surface area contributed by atoms with Crippen LogP contribution in [-0.2, 0) is 9.57 Å². The first-order valence-electron chi connectivity index (χ1n) is 11.0. The van der Waals surface area contributed by atoms with Crippen LogP contribution >= 0.6 is 27.5 Å². The van der Waals surface area contributed by atoms with Gasteiger partial charge in [-0.25, -0.2) is 9.87 Å². The summed E-state index contributed by atoms with van der Waals surface area (Å²) in [6, 6.07) is 6.68. The van der Waals surface area contributed by atoms with Gasteiger partial charge < -0.3 is 25.4 Å². The fourth-order valence-corrected chi connectivity index (χ4v) is 4.50. The van der Waals surface area contributed by atoms with Gasteiger partial charge >= 0.3 is 0 Å². The SMILES string of the molecule is CNc1c(N(C)CC2CCCCO2)cc(C(=O)NOCCO)c(Nc2ccc(Br)cc2Cl)c1F. The van der Waals surface area contributed by atoms with E-state index in [1.807, 2.05) is 11.9 Å². The Labute approximate surface area is 211 Å². The van der Waals surface area contributed by atoms with Gasteiger partial charge in [0.25, 0.3) is 5.91 Å². The summed E-state index contributed by atoms with van der Waals surface area (Å²) in [5.74, 6) is -1.32. The largest absolute Gasteiger partial charge is 0.394 e. The van der Waals surface area contributed by atoms with Crippen molar-refractivity contribution < 1.29 is 23.9 Å². The van der Waals surface area contributed by atoms with Crippen LogP contribution in [0.2, 0.25) is 5.02 Å². The second-order valence-corrected chi connectivity index (χ2v) is 9.20. The van der Waals surface area contributed by atoms with Crippen LogP contribution in [0.3, 0.4) is 0 Å². The molecule has 1 saturated heterocycles. The number of nitrogens with zero attached hydrogens (tertiary/aromatic N) is 1. The molecule has 34 heavy (non-hydrogen) atoms. The van der Waals surface area contributed by atoms with Gasteiger partial charge in [-0.3, -0.25) is 9.63 Å².